The Hall–Kier alpha value is -0.610. The Kier molecular flexibility index (Phi) is 5.22. The zero-order valence-corrected chi connectivity index (χ0v) is 10.6. The van der Waals surface area contributed by atoms with E-state index < -0.39 is 0 Å². The van der Waals surface area contributed by atoms with Gasteiger partial charge in [-0.15, -0.1) is 0 Å². The quantitative estimate of drug-likeness (QED) is 0.710. The van der Waals surface area contributed by atoms with Crippen LogP contribution >= 0.6 is 0 Å². The minimum Gasteiger partial charge on any atom is -0.371 e. The van der Waals surface area contributed by atoms with Gasteiger partial charge in [0.15, 0.2) is 0 Å². The van der Waals surface area contributed by atoms with E-state index in [0.29, 0.717) is 12.5 Å². The van der Waals surface area contributed by atoms with Gasteiger partial charge in [0.1, 0.15) is 6.61 Å². The van der Waals surface area contributed by atoms with Crippen molar-refractivity contribution in [3.8, 4) is 0 Å². The second-order valence-electron chi connectivity index (χ2n) is 5.16. The van der Waals surface area contributed by atoms with Crippen LogP contribution in [0.25, 0.3) is 0 Å². The molecular formula is C12H24N2O2. The van der Waals surface area contributed by atoms with E-state index in [0.717, 1.165) is 25.9 Å². The van der Waals surface area contributed by atoms with Gasteiger partial charge in [-0.3, -0.25) is 4.79 Å². The lowest BCUT2D eigenvalue weighted by Gasteiger charge is -2.24. The molecule has 1 rings (SSSR count). The normalized spacial score (nSPS) is 21.1. The molecule has 0 saturated carbocycles. The molecule has 1 aliphatic rings. The largest absolute Gasteiger partial charge is 0.371 e. The fraction of sp³-hybridized carbons (Fsp3) is 0.917. The van der Waals surface area contributed by atoms with Crippen LogP contribution in [0.15, 0.2) is 0 Å². The van der Waals surface area contributed by atoms with E-state index in [1.807, 2.05) is 13.8 Å². The molecule has 0 bridgehead atoms. The minimum absolute atomic E-state index is 0.0159. The number of hydrogen-bond donors (Lipinski definition) is 2. The van der Waals surface area contributed by atoms with Crippen LogP contribution in [0.2, 0.25) is 0 Å². The molecule has 1 amide bonds. The van der Waals surface area contributed by atoms with E-state index >= 15 is 0 Å². The van der Waals surface area contributed by atoms with E-state index in [2.05, 4.69) is 17.6 Å². The van der Waals surface area contributed by atoms with Gasteiger partial charge in [0, 0.05) is 12.1 Å². The van der Waals surface area contributed by atoms with Crippen molar-refractivity contribution in [2.24, 2.45) is 5.92 Å². The lowest BCUT2D eigenvalue weighted by Crippen LogP contribution is -2.44. The third-order valence-corrected chi connectivity index (χ3v) is 3.11. The van der Waals surface area contributed by atoms with Crippen molar-refractivity contribution in [1.82, 2.24) is 10.6 Å². The lowest BCUT2D eigenvalue weighted by atomic mass is 10.0. The highest BCUT2D eigenvalue weighted by Gasteiger charge is 2.19. The Bertz CT molecular complexity index is 223. The summed E-state index contributed by atoms with van der Waals surface area (Å²) in [6.07, 6.45) is 2.08. The Labute approximate surface area is 98.1 Å². The second kappa shape index (κ2) is 6.21. The maximum Gasteiger partial charge on any atom is 0.246 e. The monoisotopic (exact) mass is 228 g/mol. The molecule has 1 saturated heterocycles. The van der Waals surface area contributed by atoms with Gasteiger partial charge in [-0.05, 0) is 39.2 Å². The van der Waals surface area contributed by atoms with Crippen LogP contribution in [0.5, 0.6) is 0 Å². The summed E-state index contributed by atoms with van der Waals surface area (Å²) in [5, 5.41) is 6.23. The Morgan fingerprint density at radius 2 is 2.31 bits per heavy atom. The van der Waals surface area contributed by atoms with E-state index in [4.69, 9.17) is 4.74 Å². The summed E-state index contributed by atoms with van der Waals surface area (Å²) < 4.78 is 5.42. The molecule has 1 fully saturated rings. The molecule has 0 aromatic heterocycles. The first kappa shape index (κ1) is 13.5. The number of rotatable bonds is 6. The summed E-state index contributed by atoms with van der Waals surface area (Å²) >= 11 is 0. The van der Waals surface area contributed by atoms with E-state index in [9.17, 15) is 4.79 Å². The van der Waals surface area contributed by atoms with Crippen LogP contribution in [0.4, 0.5) is 0 Å². The van der Waals surface area contributed by atoms with Gasteiger partial charge in [-0.25, -0.2) is 0 Å². The number of hydrogen-bond acceptors (Lipinski definition) is 3. The summed E-state index contributed by atoms with van der Waals surface area (Å²) in [6, 6.07) is 0. The van der Waals surface area contributed by atoms with Crippen LogP contribution in [0, 0.1) is 5.92 Å². The first-order chi connectivity index (χ1) is 7.53. The fourth-order valence-electron chi connectivity index (χ4n) is 1.68. The summed E-state index contributed by atoms with van der Waals surface area (Å²) in [5.74, 6) is 0.560. The van der Waals surface area contributed by atoms with Gasteiger partial charge >= 0.3 is 0 Å². The topological polar surface area (TPSA) is 50.4 Å². The van der Waals surface area contributed by atoms with E-state index in [-0.39, 0.29) is 18.1 Å². The van der Waals surface area contributed by atoms with Crippen molar-refractivity contribution >= 4 is 5.91 Å². The predicted molar refractivity (Wildman–Crippen MR) is 64.3 cm³/mol. The summed E-state index contributed by atoms with van der Waals surface area (Å²) in [5.41, 5.74) is -0.130. The highest BCUT2D eigenvalue weighted by atomic mass is 16.5. The SMILES string of the molecule is CCC(C)(C)NC(=O)COCC1CCNC1. The van der Waals surface area contributed by atoms with Crippen molar-refractivity contribution in [1.29, 1.82) is 0 Å². The van der Waals surface area contributed by atoms with Crippen LogP contribution in [0.1, 0.15) is 33.6 Å². The third kappa shape index (κ3) is 4.94. The van der Waals surface area contributed by atoms with Crippen LogP contribution in [-0.4, -0.2) is 37.7 Å². The third-order valence-electron chi connectivity index (χ3n) is 3.11. The Morgan fingerprint density at radius 1 is 1.56 bits per heavy atom. The molecule has 1 atom stereocenters. The molecular weight excluding hydrogens is 204 g/mol. The predicted octanol–water partition coefficient (Wildman–Crippen LogP) is 0.917. The Morgan fingerprint density at radius 3 is 2.88 bits per heavy atom. The zero-order valence-electron chi connectivity index (χ0n) is 10.6. The number of ether oxygens (including phenoxy) is 1. The van der Waals surface area contributed by atoms with Crippen LogP contribution < -0.4 is 10.6 Å². The van der Waals surface area contributed by atoms with Crippen molar-refractivity contribution in [3.63, 3.8) is 0 Å². The van der Waals surface area contributed by atoms with Crippen molar-refractivity contribution in [2.75, 3.05) is 26.3 Å². The lowest BCUT2D eigenvalue weighted by molar-refractivity contribution is -0.127. The molecule has 0 aromatic carbocycles. The summed E-state index contributed by atoms with van der Waals surface area (Å²) in [4.78, 5) is 11.5. The molecule has 0 aromatic rings. The molecule has 94 valence electrons. The van der Waals surface area contributed by atoms with Crippen molar-refractivity contribution in [3.05, 3.63) is 0 Å². The average Bonchev–Trinajstić information content (AvgIpc) is 2.70. The molecule has 4 heteroatoms. The maximum absolute atomic E-state index is 11.5. The van der Waals surface area contributed by atoms with Gasteiger partial charge in [0.2, 0.25) is 5.91 Å². The van der Waals surface area contributed by atoms with Crippen LogP contribution in [-0.2, 0) is 9.53 Å². The van der Waals surface area contributed by atoms with E-state index in [1.54, 1.807) is 0 Å². The van der Waals surface area contributed by atoms with Crippen molar-refractivity contribution in [2.45, 2.75) is 39.2 Å². The van der Waals surface area contributed by atoms with Gasteiger partial charge in [-0.1, -0.05) is 6.92 Å². The van der Waals surface area contributed by atoms with Crippen molar-refractivity contribution < 1.29 is 9.53 Å². The molecule has 16 heavy (non-hydrogen) atoms. The Balaban J connectivity index is 2.10. The second-order valence-corrected chi connectivity index (χ2v) is 5.16. The smallest absolute Gasteiger partial charge is 0.246 e. The number of carbonyl (C=O) groups excluding carboxylic acids is 1. The van der Waals surface area contributed by atoms with Gasteiger partial charge in [0.05, 0.1) is 6.61 Å². The first-order valence-electron chi connectivity index (χ1n) is 6.13. The fourth-order valence-corrected chi connectivity index (χ4v) is 1.68. The average molecular weight is 228 g/mol. The maximum atomic E-state index is 11.5. The first-order valence-corrected chi connectivity index (χ1v) is 6.13. The molecule has 2 N–H and O–H groups in total. The highest BCUT2D eigenvalue weighted by molar-refractivity contribution is 5.77. The van der Waals surface area contributed by atoms with E-state index in [1.165, 1.54) is 0 Å². The molecule has 0 aliphatic carbocycles. The molecule has 1 aliphatic heterocycles. The highest BCUT2D eigenvalue weighted by Crippen LogP contribution is 2.08. The molecule has 0 radical (unpaired) electrons. The summed E-state index contributed by atoms with van der Waals surface area (Å²) in [7, 11) is 0. The standard InChI is InChI=1S/C12H24N2O2/c1-4-12(2,3)14-11(15)9-16-8-10-5-6-13-7-10/h10,13H,4-9H2,1-3H3,(H,14,15). The number of amides is 1. The molecule has 0 spiro atoms. The minimum atomic E-state index is -0.130. The number of nitrogens with one attached hydrogen (secondary N) is 2. The molecule has 1 heterocycles. The zero-order chi connectivity index (χ0) is 12.0. The molecule has 1 unspecified atom stereocenters. The van der Waals surface area contributed by atoms with Gasteiger partial charge in [0.25, 0.3) is 0 Å². The summed E-state index contributed by atoms with van der Waals surface area (Å²) in [6.45, 7) is 9.06. The van der Waals surface area contributed by atoms with Gasteiger partial charge in [-0.2, -0.15) is 0 Å². The number of carbonyl (C=O) groups is 1. The van der Waals surface area contributed by atoms with Crippen LogP contribution in [0.3, 0.4) is 0 Å². The molecule has 4 nitrogen and oxygen atoms in total. The van der Waals surface area contributed by atoms with Gasteiger partial charge < -0.3 is 15.4 Å².